The number of rotatable bonds is 6. The molecule has 1 saturated heterocycles. The van der Waals surface area contributed by atoms with Crippen molar-refractivity contribution >= 4 is 0 Å². The standard InChI is InChI=1S/C17H24FN5O/c1-21(11-14-3-5-15(18)6-4-14)7-8-23-9-10-24-16(12-23)17-20-19-13-22(17)2/h3-6,13,16H,7-12H2,1-2H3. The number of hydrogen-bond acceptors (Lipinski definition) is 5. The van der Waals surface area contributed by atoms with Crippen LogP contribution < -0.4 is 0 Å². The first-order valence-electron chi connectivity index (χ1n) is 8.22. The molecule has 7 heteroatoms. The van der Waals surface area contributed by atoms with Crippen molar-refractivity contribution in [2.45, 2.75) is 12.6 Å². The van der Waals surface area contributed by atoms with Gasteiger partial charge in [0.15, 0.2) is 5.82 Å². The van der Waals surface area contributed by atoms with E-state index in [0.29, 0.717) is 6.61 Å². The molecule has 1 aliphatic heterocycles. The van der Waals surface area contributed by atoms with E-state index in [1.807, 2.05) is 23.7 Å². The lowest BCUT2D eigenvalue weighted by molar-refractivity contribution is -0.0373. The maximum Gasteiger partial charge on any atom is 0.163 e. The third-order valence-corrected chi connectivity index (χ3v) is 4.35. The Hall–Kier alpha value is -1.83. The van der Waals surface area contributed by atoms with Gasteiger partial charge in [-0.25, -0.2) is 4.39 Å². The lowest BCUT2D eigenvalue weighted by Gasteiger charge is -2.33. The summed E-state index contributed by atoms with van der Waals surface area (Å²) >= 11 is 0. The molecular formula is C17H24FN5O. The van der Waals surface area contributed by atoms with Crippen molar-refractivity contribution in [3.63, 3.8) is 0 Å². The summed E-state index contributed by atoms with van der Waals surface area (Å²) in [6, 6.07) is 6.70. The van der Waals surface area contributed by atoms with Crippen molar-refractivity contribution < 1.29 is 9.13 Å². The fraction of sp³-hybridized carbons (Fsp3) is 0.529. The highest BCUT2D eigenvalue weighted by Crippen LogP contribution is 2.19. The fourth-order valence-corrected chi connectivity index (χ4v) is 2.94. The quantitative estimate of drug-likeness (QED) is 0.801. The maximum absolute atomic E-state index is 13.0. The van der Waals surface area contributed by atoms with E-state index in [1.54, 1.807) is 6.33 Å². The van der Waals surface area contributed by atoms with Crippen molar-refractivity contribution in [3.05, 3.63) is 47.8 Å². The van der Waals surface area contributed by atoms with Crippen LogP contribution in [0.25, 0.3) is 0 Å². The van der Waals surface area contributed by atoms with Crippen LogP contribution in [0, 0.1) is 5.82 Å². The summed E-state index contributed by atoms with van der Waals surface area (Å²) in [5, 5.41) is 8.08. The van der Waals surface area contributed by atoms with Crippen molar-refractivity contribution in [2.75, 3.05) is 39.8 Å². The molecule has 0 radical (unpaired) electrons. The van der Waals surface area contributed by atoms with Crippen molar-refractivity contribution in [1.29, 1.82) is 0 Å². The van der Waals surface area contributed by atoms with Crippen LogP contribution in [0.2, 0.25) is 0 Å². The van der Waals surface area contributed by atoms with Gasteiger partial charge < -0.3 is 14.2 Å². The molecule has 1 atom stereocenters. The Morgan fingerprint density at radius 3 is 2.83 bits per heavy atom. The average Bonchev–Trinajstić information content (AvgIpc) is 3.01. The van der Waals surface area contributed by atoms with E-state index in [0.717, 1.165) is 44.1 Å². The molecule has 3 rings (SSSR count). The second kappa shape index (κ2) is 7.83. The maximum atomic E-state index is 13.0. The molecule has 0 N–H and O–H groups in total. The van der Waals surface area contributed by atoms with Crippen LogP contribution in [0.4, 0.5) is 4.39 Å². The average molecular weight is 333 g/mol. The molecule has 1 aromatic carbocycles. The highest BCUT2D eigenvalue weighted by Gasteiger charge is 2.25. The van der Waals surface area contributed by atoms with E-state index >= 15 is 0 Å². The van der Waals surface area contributed by atoms with Crippen LogP contribution in [0.5, 0.6) is 0 Å². The zero-order valence-electron chi connectivity index (χ0n) is 14.2. The Kier molecular flexibility index (Phi) is 5.55. The summed E-state index contributed by atoms with van der Waals surface area (Å²) in [5.74, 6) is 0.684. The van der Waals surface area contributed by atoms with E-state index < -0.39 is 0 Å². The number of morpholine rings is 1. The first-order chi connectivity index (χ1) is 11.6. The van der Waals surface area contributed by atoms with Gasteiger partial charge in [-0.2, -0.15) is 0 Å². The number of nitrogens with zero attached hydrogens (tertiary/aromatic N) is 5. The zero-order chi connectivity index (χ0) is 16.9. The third-order valence-electron chi connectivity index (χ3n) is 4.35. The first-order valence-corrected chi connectivity index (χ1v) is 8.22. The second-order valence-electron chi connectivity index (χ2n) is 6.32. The van der Waals surface area contributed by atoms with Gasteiger partial charge in [0.1, 0.15) is 18.2 Å². The van der Waals surface area contributed by atoms with Crippen LogP contribution in [0.15, 0.2) is 30.6 Å². The lowest BCUT2D eigenvalue weighted by Crippen LogP contribution is -2.42. The van der Waals surface area contributed by atoms with Gasteiger partial charge in [-0.1, -0.05) is 12.1 Å². The molecule has 0 spiro atoms. The lowest BCUT2D eigenvalue weighted by atomic mass is 10.2. The van der Waals surface area contributed by atoms with Gasteiger partial charge >= 0.3 is 0 Å². The number of halogens is 1. The molecule has 0 bridgehead atoms. The Bertz CT molecular complexity index is 645. The van der Waals surface area contributed by atoms with Gasteiger partial charge in [0, 0.05) is 39.8 Å². The summed E-state index contributed by atoms with van der Waals surface area (Å²) in [5.41, 5.74) is 1.12. The molecule has 2 heterocycles. The molecule has 1 aliphatic rings. The smallest absolute Gasteiger partial charge is 0.163 e. The minimum absolute atomic E-state index is 0.0198. The molecule has 1 aromatic heterocycles. The third kappa shape index (κ3) is 4.37. The van der Waals surface area contributed by atoms with Gasteiger partial charge in [0.25, 0.3) is 0 Å². The van der Waals surface area contributed by atoms with Crippen LogP contribution in [0.1, 0.15) is 17.5 Å². The van der Waals surface area contributed by atoms with E-state index in [1.165, 1.54) is 12.1 Å². The number of benzene rings is 1. The SMILES string of the molecule is CN(CCN1CCOC(c2nncn2C)C1)Cc1ccc(F)cc1. The molecule has 2 aromatic rings. The van der Waals surface area contributed by atoms with Gasteiger partial charge in [-0.3, -0.25) is 4.90 Å². The Balaban J connectivity index is 1.47. The van der Waals surface area contributed by atoms with Gasteiger partial charge in [-0.15, -0.1) is 10.2 Å². The van der Waals surface area contributed by atoms with Gasteiger partial charge in [0.05, 0.1) is 6.61 Å². The molecule has 1 unspecified atom stereocenters. The Labute approximate surface area is 141 Å². The minimum Gasteiger partial charge on any atom is -0.368 e. The fourth-order valence-electron chi connectivity index (χ4n) is 2.94. The van der Waals surface area contributed by atoms with Crippen LogP contribution in [0.3, 0.4) is 0 Å². The molecule has 130 valence electrons. The molecule has 6 nitrogen and oxygen atoms in total. The topological polar surface area (TPSA) is 46.4 Å². The molecule has 0 saturated carbocycles. The van der Waals surface area contributed by atoms with Crippen LogP contribution in [-0.4, -0.2) is 64.4 Å². The number of aryl methyl sites for hydroxylation is 1. The van der Waals surface area contributed by atoms with Crippen molar-refractivity contribution in [3.8, 4) is 0 Å². The van der Waals surface area contributed by atoms with E-state index in [4.69, 9.17) is 4.74 Å². The molecule has 24 heavy (non-hydrogen) atoms. The Morgan fingerprint density at radius 2 is 2.12 bits per heavy atom. The molecule has 1 fully saturated rings. The zero-order valence-corrected chi connectivity index (χ0v) is 14.2. The summed E-state index contributed by atoms with van der Waals surface area (Å²) in [4.78, 5) is 4.64. The summed E-state index contributed by atoms with van der Waals surface area (Å²) in [7, 11) is 4.03. The highest BCUT2D eigenvalue weighted by atomic mass is 19.1. The normalized spacial score (nSPS) is 19.1. The van der Waals surface area contributed by atoms with Gasteiger partial charge in [0.2, 0.25) is 0 Å². The number of aromatic nitrogens is 3. The van der Waals surface area contributed by atoms with E-state index in [-0.39, 0.29) is 11.9 Å². The summed E-state index contributed by atoms with van der Waals surface area (Å²) in [6.07, 6.45) is 1.68. The van der Waals surface area contributed by atoms with Gasteiger partial charge in [-0.05, 0) is 24.7 Å². The minimum atomic E-state index is -0.190. The Morgan fingerprint density at radius 1 is 1.33 bits per heavy atom. The molecule has 0 aliphatic carbocycles. The molecular weight excluding hydrogens is 309 g/mol. The van der Waals surface area contributed by atoms with Crippen molar-refractivity contribution in [2.24, 2.45) is 7.05 Å². The number of ether oxygens (including phenoxy) is 1. The molecule has 0 amide bonds. The van der Waals surface area contributed by atoms with Crippen LogP contribution in [-0.2, 0) is 18.3 Å². The monoisotopic (exact) mass is 333 g/mol. The summed E-state index contributed by atoms with van der Waals surface area (Å²) in [6.45, 7) is 5.20. The first kappa shape index (κ1) is 17.0. The number of hydrogen-bond donors (Lipinski definition) is 0. The van der Waals surface area contributed by atoms with E-state index in [2.05, 4.69) is 27.0 Å². The van der Waals surface area contributed by atoms with Crippen LogP contribution >= 0.6 is 0 Å². The highest BCUT2D eigenvalue weighted by molar-refractivity contribution is 5.15. The largest absolute Gasteiger partial charge is 0.368 e. The van der Waals surface area contributed by atoms with E-state index in [9.17, 15) is 4.39 Å². The second-order valence-corrected chi connectivity index (χ2v) is 6.32. The predicted octanol–water partition coefficient (Wildman–Crippen LogP) is 1.46. The number of likely N-dealkylation sites (N-methyl/N-ethyl adjacent to an activating group) is 1. The predicted molar refractivity (Wildman–Crippen MR) is 88.9 cm³/mol. The summed E-state index contributed by atoms with van der Waals surface area (Å²) < 4.78 is 20.7. The van der Waals surface area contributed by atoms with Crippen molar-refractivity contribution in [1.82, 2.24) is 24.6 Å².